The highest BCUT2D eigenvalue weighted by atomic mass is 16.3. The van der Waals surface area contributed by atoms with Crippen molar-refractivity contribution in [1.29, 1.82) is 0 Å². The van der Waals surface area contributed by atoms with Gasteiger partial charge < -0.3 is 10.0 Å². The van der Waals surface area contributed by atoms with Crippen LogP contribution in [0.15, 0.2) is 24.3 Å². The highest BCUT2D eigenvalue weighted by Crippen LogP contribution is 2.26. The molecule has 2 saturated heterocycles. The summed E-state index contributed by atoms with van der Waals surface area (Å²) in [7, 11) is 0. The summed E-state index contributed by atoms with van der Waals surface area (Å²) >= 11 is 0. The van der Waals surface area contributed by atoms with Crippen LogP contribution in [0.3, 0.4) is 0 Å². The fourth-order valence-electron chi connectivity index (χ4n) is 4.63. The lowest BCUT2D eigenvalue weighted by molar-refractivity contribution is -0.118. The Hall–Kier alpha value is -1.43. The summed E-state index contributed by atoms with van der Waals surface area (Å²) in [6, 6.07) is 8.43. The van der Waals surface area contributed by atoms with E-state index in [9.17, 15) is 9.90 Å². The molecule has 1 aromatic rings. The Morgan fingerprint density at radius 2 is 1.76 bits per heavy atom. The van der Waals surface area contributed by atoms with E-state index in [1.165, 1.54) is 31.5 Å². The van der Waals surface area contributed by atoms with E-state index in [2.05, 4.69) is 46.7 Å². The molecule has 0 amide bonds. The standard InChI is InChI=1S/C24H39N3O2/c1-19(2)24(29)22-5-4-6-23(17-22)27-15-13-25(14-16-27)10-7-21-8-11-26(12-9-21)18-20(3)28/h4-6,17,19,21,24,29H,7-16,18H2,1-3H3. The first-order chi connectivity index (χ1) is 13.9. The molecule has 2 fully saturated rings. The molecule has 1 unspecified atom stereocenters. The Kier molecular flexibility index (Phi) is 8.10. The summed E-state index contributed by atoms with van der Waals surface area (Å²) in [6.07, 6.45) is 3.36. The van der Waals surface area contributed by atoms with Gasteiger partial charge in [0.15, 0.2) is 0 Å². The van der Waals surface area contributed by atoms with Crippen molar-refractivity contribution >= 4 is 11.5 Å². The van der Waals surface area contributed by atoms with Gasteiger partial charge in [0, 0.05) is 31.9 Å². The molecule has 0 aromatic heterocycles. The van der Waals surface area contributed by atoms with Gasteiger partial charge in [-0.3, -0.25) is 14.6 Å². The predicted octanol–water partition coefficient (Wildman–Crippen LogP) is 3.19. The second-order valence-corrected chi connectivity index (χ2v) is 9.32. The van der Waals surface area contributed by atoms with E-state index in [-0.39, 0.29) is 11.7 Å². The zero-order valence-corrected chi connectivity index (χ0v) is 18.5. The third-order valence-electron chi connectivity index (χ3n) is 6.59. The molecular weight excluding hydrogens is 362 g/mol. The molecule has 5 heteroatoms. The average molecular weight is 402 g/mol. The minimum atomic E-state index is -0.391. The number of carbonyl (C=O) groups is 1. The lowest BCUT2D eigenvalue weighted by Gasteiger charge is -2.38. The molecule has 1 N–H and O–H groups in total. The minimum absolute atomic E-state index is 0.233. The monoisotopic (exact) mass is 401 g/mol. The third-order valence-corrected chi connectivity index (χ3v) is 6.59. The Balaban J connectivity index is 1.40. The number of ketones is 1. The van der Waals surface area contributed by atoms with Gasteiger partial charge in [-0.15, -0.1) is 0 Å². The van der Waals surface area contributed by atoms with Crippen LogP contribution in [0.2, 0.25) is 0 Å². The number of aliphatic hydroxyl groups is 1. The van der Waals surface area contributed by atoms with E-state index in [0.717, 1.165) is 50.7 Å². The molecule has 29 heavy (non-hydrogen) atoms. The number of anilines is 1. The van der Waals surface area contributed by atoms with E-state index in [0.29, 0.717) is 6.54 Å². The maximum Gasteiger partial charge on any atom is 0.143 e. The molecule has 2 aliphatic rings. The summed E-state index contributed by atoms with van der Waals surface area (Å²) in [5.41, 5.74) is 2.26. The second-order valence-electron chi connectivity index (χ2n) is 9.32. The van der Waals surface area contributed by atoms with Crippen LogP contribution in [0.1, 0.15) is 51.7 Å². The second kappa shape index (κ2) is 10.6. The molecule has 162 valence electrons. The van der Waals surface area contributed by atoms with E-state index in [4.69, 9.17) is 0 Å². The van der Waals surface area contributed by atoms with Crippen LogP contribution < -0.4 is 4.90 Å². The van der Waals surface area contributed by atoms with Crippen LogP contribution in [0.4, 0.5) is 5.69 Å². The third kappa shape index (κ3) is 6.53. The highest BCUT2D eigenvalue weighted by Gasteiger charge is 2.23. The van der Waals surface area contributed by atoms with Crippen molar-refractivity contribution in [2.24, 2.45) is 11.8 Å². The molecule has 3 rings (SSSR count). The van der Waals surface area contributed by atoms with E-state index >= 15 is 0 Å². The number of carbonyl (C=O) groups excluding carboxylic acids is 1. The van der Waals surface area contributed by atoms with Crippen molar-refractivity contribution in [2.45, 2.75) is 46.1 Å². The zero-order chi connectivity index (χ0) is 20.8. The Morgan fingerprint density at radius 1 is 1.07 bits per heavy atom. The molecular formula is C24H39N3O2. The Morgan fingerprint density at radius 3 is 2.38 bits per heavy atom. The summed E-state index contributed by atoms with van der Waals surface area (Å²) in [5.74, 6) is 1.33. The number of piperidine rings is 1. The number of Topliss-reactive ketones (excluding diaryl/α,β-unsaturated/α-hetero) is 1. The minimum Gasteiger partial charge on any atom is -0.388 e. The van der Waals surface area contributed by atoms with Gasteiger partial charge in [-0.2, -0.15) is 0 Å². The van der Waals surface area contributed by atoms with Crippen molar-refractivity contribution in [3.8, 4) is 0 Å². The summed E-state index contributed by atoms with van der Waals surface area (Å²) in [5, 5.41) is 10.4. The number of benzene rings is 1. The van der Waals surface area contributed by atoms with E-state index in [1.807, 2.05) is 6.07 Å². The number of aliphatic hydroxyl groups excluding tert-OH is 1. The average Bonchev–Trinajstić information content (AvgIpc) is 2.72. The van der Waals surface area contributed by atoms with Gasteiger partial charge in [0.05, 0.1) is 12.6 Å². The number of piperazine rings is 1. The van der Waals surface area contributed by atoms with Gasteiger partial charge in [-0.1, -0.05) is 26.0 Å². The van der Waals surface area contributed by atoms with Crippen LogP contribution in [0.5, 0.6) is 0 Å². The highest BCUT2D eigenvalue weighted by molar-refractivity contribution is 5.77. The van der Waals surface area contributed by atoms with Crippen molar-refractivity contribution in [3.05, 3.63) is 29.8 Å². The van der Waals surface area contributed by atoms with Gasteiger partial charge in [0.25, 0.3) is 0 Å². The topological polar surface area (TPSA) is 47.0 Å². The molecule has 0 bridgehead atoms. The molecule has 5 nitrogen and oxygen atoms in total. The first-order valence-corrected chi connectivity index (χ1v) is 11.4. The molecule has 0 saturated carbocycles. The molecule has 1 atom stereocenters. The van der Waals surface area contributed by atoms with Crippen LogP contribution in [-0.4, -0.2) is 73.0 Å². The largest absolute Gasteiger partial charge is 0.388 e. The molecule has 2 aliphatic heterocycles. The maximum atomic E-state index is 11.3. The first-order valence-electron chi connectivity index (χ1n) is 11.4. The van der Waals surface area contributed by atoms with Gasteiger partial charge >= 0.3 is 0 Å². The van der Waals surface area contributed by atoms with Crippen LogP contribution in [0, 0.1) is 11.8 Å². The van der Waals surface area contributed by atoms with Crippen LogP contribution in [0.25, 0.3) is 0 Å². The zero-order valence-electron chi connectivity index (χ0n) is 18.5. The predicted molar refractivity (Wildman–Crippen MR) is 119 cm³/mol. The molecule has 1 aromatic carbocycles. The molecule has 2 heterocycles. The van der Waals surface area contributed by atoms with Crippen molar-refractivity contribution in [1.82, 2.24) is 9.80 Å². The Labute approximate surface area is 176 Å². The van der Waals surface area contributed by atoms with Crippen LogP contribution >= 0.6 is 0 Å². The molecule has 0 spiro atoms. The smallest absolute Gasteiger partial charge is 0.143 e. The lowest BCUT2D eigenvalue weighted by atomic mass is 9.93. The number of hydrogen-bond donors (Lipinski definition) is 1. The Bertz CT molecular complexity index is 647. The van der Waals surface area contributed by atoms with Gasteiger partial charge in [0.2, 0.25) is 0 Å². The number of nitrogens with zero attached hydrogens (tertiary/aromatic N) is 3. The van der Waals surface area contributed by atoms with Gasteiger partial charge in [0.1, 0.15) is 5.78 Å². The summed E-state index contributed by atoms with van der Waals surface area (Å²) < 4.78 is 0. The lowest BCUT2D eigenvalue weighted by Crippen LogP contribution is -2.47. The fourth-order valence-corrected chi connectivity index (χ4v) is 4.63. The number of hydrogen-bond acceptors (Lipinski definition) is 5. The number of rotatable bonds is 8. The fraction of sp³-hybridized carbons (Fsp3) is 0.708. The maximum absolute atomic E-state index is 11.3. The van der Waals surface area contributed by atoms with Crippen LogP contribution in [-0.2, 0) is 4.79 Å². The summed E-state index contributed by atoms with van der Waals surface area (Å²) in [6.45, 7) is 14.1. The summed E-state index contributed by atoms with van der Waals surface area (Å²) in [4.78, 5) is 18.6. The van der Waals surface area contributed by atoms with Crippen molar-refractivity contribution in [2.75, 3.05) is 57.3 Å². The van der Waals surface area contributed by atoms with Gasteiger partial charge in [-0.05, 0) is 75.4 Å². The molecule has 0 aliphatic carbocycles. The van der Waals surface area contributed by atoms with E-state index < -0.39 is 6.10 Å². The van der Waals surface area contributed by atoms with Crippen molar-refractivity contribution < 1.29 is 9.90 Å². The SMILES string of the molecule is CC(=O)CN1CCC(CCN2CCN(c3cccc(C(O)C(C)C)c3)CC2)CC1. The first kappa shape index (κ1) is 22.3. The molecule has 0 radical (unpaired) electrons. The quantitative estimate of drug-likeness (QED) is 0.725. The number of likely N-dealkylation sites (tertiary alicyclic amines) is 1. The van der Waals surface area contributed by atoms with Gasteiger partial charge in [-0.25, -0.2) is 0 Å². The van der Waals surface area contributed by atoms with Crippen molar-refractivity contribution in [3.63, 3.8) is 0 Å². The normalized spacial score (nSPS) is 20.9. The van der Waals surface area contributed by atoms with E-state index in [1.54, 1.807) is 6.92 Å².